The van der Waals surface area contributed by atoms with Crippen molar-refractivity contribution in [3.8, 4) is 0 Å². The average Bonchev–Trinajstić information content (AvgIpc) is 2.86. The van der Waals surface area contributed by atoms with Gasteiger partial charge in [0.25, 0.3) is 0 Å². The lowest BCUT2D eigenvalue weighted by Crippen LogP contribution is -2.47. The molecule has 146 valence electrons. The molecule has 0 aromatic carbocycles. The van der Waals surface area contributed by atoms with E-state index in [4.69, 9.17) is 4.74 Å². The average molecular weight is 353 g/mol. The van der Waals surface area contributed by atoms with Crippen LogP contribution in [0.2, 0.25) is 0 Å². The third-order valence-corrected chi connectivity index (χ3v) is 5.75. The fourth-order valence-electron chi connectivity index (χ4n) is 4.27. The molecule has 1 amide bonds. The van der Waals surface area contributed by atoms with E-state index in [-0.39, 0.29) is 6.09 Å². The fourth-order valence-corrected chi connectivity index (χ4v) is 4.27. The summed E-state index contributed by atoms with van der Waals surface area (Å²) in [6.45, 7) is 12.2. The molecule has 0 aromatic heterocycles. The van der Waals surface area contributed by atoms with Crippen LogP contribution in [0.25, 0.3) is 0 Å². The zero-order valence-electron chi connectivity index (χ0n) is 17.1. The minimum Gasteiger partial charge on any atom is -0.444 e. The Kier molecular flexibility index (Phi) is 7.60. The molecule has 2 rings (SSSR count). The molecule has 0 bridgehead atoms. The maximum atomic E-state index is 12.5. The first-order valence-corrected chi connectivity index (χ1v) is 10.5. The smallest absolute Gasteiger partial charge is 0.410 e. The number of amides is 1. The van der Waals surface area contributed by atoms with E-state index in [9.17, 15) is 4.79 Å². The van der Waals surface area contributed by atoms with Crippen molar-refractivity contribution >= 4 is 6.09 Å². The second-order valence-electron chi connectivity index (χ2n) is 9.50. The monoisotopic (exact) mass is 352 g/mol. The third kappa shape index (κ3) is 7.16. The van der Waals surface area contributed by atoms with Crippen LogP contribution in [-0.2, 0) is 4.74 Å². The van der Waals surface area contributed by atoms with Crippen LogP contribution in [0.1, 0.15) is 86.0 Å². The van der Waals surface area contributed by atoms with E-state index in [0.717, 1.165) is 31.3 Å². The molecule has 0 spiro atoms. The number of rotatable bonds is 3. The maximum Gasteiger partial charge on any atom is 0.410 e. The second-order valence-corrected chi connectivity index (χ2v) is 9.50. The van der Waals surface area contributed by atoms with Crippen LogP contribution in [0.15, 0.2) is 0 Å². The summed E-state index contributed by atoms with van der Waals surface area (Å²) in [6.07, 6.45) is 9.92. The van der Waals surface area contributed by atoms with Crippen LogP contribution in [0.4, 0.5) is 4.79 Å². The van der Waals surface area contributed by atoms with Crippen LogP contribution in [0.3, 0.4) is 0 Å². The topological polar surface area (TPSA) is 41.6 Å². The van der Waals surface area contributed by atoms with Crippen LogP contribution >= 0.6 is 0 Å². The molecule has 1 N–H and O–H groups in total. The van der Waals surface area contributed by atoms with E-state index in [1.165, 1.54) is 44.9 Å². The zero-order valence-corrected chi connectivity index (χ0v) is 17.1. The summed E-state index contributed by atoms with van der Waals surface area (Å²) >= 11 is 0. The first-order chi connectivity index (χ1) is 11.7. The minimum atomic E-state index is -0.417. The molecule has 3 unspecified atom stereocenters. The zero-order chi connectivity index (χ0) is 18.4. The summed E-state index contributed by atoms with van der Waals surface area (Å²) in [4.78, 5) is 14.4. The summed E-state index contributed by atoms with van der Waals surface area (Å²) < 4.78 is 5.59. The van der Waals surface area contributed by atoms with Gasteiger partial charge in [-0.05, 0) is 64.7 Å². The summed E-state index contributed by atoms with van der Waals surface area (Å²) in [5.74, 6) is 1.69. The lowest BCUT2D eigenvalue weighted by Gasteiger charge is -2.30. The maximum absolute atomic E-state index is 12.5. The summed E-state index contributed by atoms with van der Waals surface area (Å²) in [5.41, 5.74) is -0.417. The molecule has 0 radical (unpaired) electrons. The summed E-state index contributed by atoms with van der Waals surface area (Å²) in [5, 5.41) is 3.90. The standard InChI is InChI=1S/C21H40N2O2/c1-16(2)17-9-8-11-18(13-12-17)22-19-10-6-7-14-23(15-19)20(24)25-21(3,4)5/h16-19,22H,6-15H2,1-5H3. The van der Waals surface area contributed by atoms with E-state index in [2.05, 4.69) is 19.2 Å². The van der Waals surface area contributed by atoms with Crippen molar-refractivity contribution in [3.05, 3.63) is 0 Å². The van der Waals surface area contributed by atoms with Crippen molar-refractivity contribution in [2.75, 3.05) is 13.1 Å². The Morgan fingerprint density at radius 3 is 2.40 bits per heavy atom. The first-order valence-electron chi connectivity index (χ1n) is 10.5. The van der Waals surface area contributed by atoms with Crippen LogP contribution in [0.5, 0.6) is 0 Å². The van der Waals surface area contributed by atoms with Gasteiger partial charge in [-0.25, -0.2) is 4.79 Å². The molecule has 4 nitrogen and oxygen atoms in total. The van der Waals surface area contributed by atoms with Gasteiger partial charge in [-0.3, -0.25) is 0 Å². The number of nitrogens with zero attached hydrogens (tertiary/aromatic N) is 1. The molecule has 0 aromatic rings. The van der Waals surface area contributed by atoms with E-state index in [0.29, 0.717) is 12.1 Å². The largest absolute Gasteiger partial charge is 0.444 e. The van der Waals surface area contributed by atoms with Gasteiger partial charge in [-0.15, -0.1) is 0 Å². The van der Waals surface area contributed by atoms with Crippen molar-refractivity contribution in [3.63, 3.8) is 0 Å². The lowest BCUT2D eigenvalue weighted by atomic mass is 9.89. The lowest BCUT2D eigenvalue weighted by molar-refractivity contribution is 0.0241. The summed E-state index contributed by atoms with van der Waals surface area (Å²) in [7, 11) is 0. The first kappa shape index (κ1) is 20.5. The number of nitrogens with one attached hydrogen (secondary N) is 1. The van der Waals surface area contributed by atoms with E-state index in [1.807, 2.05) is 25.7 Å². The number of ether oxygens (including phenoxy) is 1. The highest BCUT2D eigenvalue weighted by Crippen LogP contribution is 2.29. The van der Waals surface area contributed by atoms with Gasteiger partial charge in [-0.2, -0.15) is 0 Å². The Hall–Kier alpha value is -0.770. The van der Waals surface area contributed by atoms with E-state index >= 15 is 0 Å². The molecule has 2 aliphatic rings. The Balaban J connectivity index is 1.87. The van der Waals surface area contributed by atoms with Crippen LogP contribution in [-0.4, -0.2) is 41.8 Å². The molecule has 4 heteroatoms. The predicted octanol–water partition coefficient (Wildman–Crippen LogP) is 4.97. The van der Waals surface area contributed by atoms with Gasteiger partial charge in [-0.1, -0.05) is 33.1 Å². The van der Waals surface area contributed by atoms with Crippen molar-refractivity contribution in [2.24, 2.45) is 11.8 Å². The van der Waals surface area contributed by atoms with Gasteiger partial charge in [0.2, 0.25) is 0 Å². The highest BCUT2D eigenvalue weighted by atomic mass is 16.6. The van der Waals surface area contributed by atoms with Crippen molar-refractivity contribution in [1.29, 1.82) is 0 Å². The Bertz CT molecular complexity index is 417. The fraction of sp³-hybridized carbons (Fsp3) is 0.952. The van der Waals surface area contributed by atoms with E-state index in [1.54, 1.807) is 0 Å². The molecule has 1 saturated heterocycles. The van der Waals surface area contributed by atoms with E-state index < -0.39 is 5.60 Å². The molecular formula is C21H40N2O2. The number of hydrogen-bond donors (Lipinski definition) is 1. The third-order valence-electron chi connectivity index (χ3n) is 5.75. The molecule has 1 aliphatic heterocycles. The van der Waals surface area contributed by atoms with Gasteiger partial charge in [0.15, 0.2) is 0 Å². The Morgan fingerprint density at radius 1 is 1.00 bits per heavy atom. The summed E-state index contributed by atoms with van der Waals surface area (Å²) in [6, 6.07) is 1.03. The van der Waals surface area contributed by atoms with Crippen molar-refractivity contribution in [1.82, 2.24) is 10.2 Å². The molecule has 25 heavy (non-hydrogen) atoms. The van der Waals surface area contributed by atoms with Gasteiger partial charge in [0.1, 0.15) is 5.60 Å². The minimum absolute atomic E-state index is 0.151. The molecule has 2 fully saturated rings. The number of hydrogen-bond acceptors (Lipinski definition) is 3. The molecule has 1 saturated carbocycles. The highest BCUT2D eigenvalue weighted by molar-refractivity contribution is 5.68. The van der Waals surface area contributed by atoms with Crippen LogP contribution in [0, 0.1) is 11.8 Å². The van der Waals surface area contributed by atoms with Crippen molar-refractivity contribution in [2.45, 2.75) is 104 Å². The Morgan fingerprint density at radius 2 is 1.72 bits per heavy atom. The molecule has 1 aliphatic carbocycles. The predicted molar refractivity (Wildman–Crippen MR) is 104 cm³/mol. The Labute approximate surface area is 155 Å². The van der Waals surface area contributed by atoms with Crippen LogP contribution < -0.4 is 5.32 Å². The number of carbonyl (C=O) groups excluding carboxylic acids is 1. The second kappa shape index (κ2) is 9.25. The van der Waals surface area contributed by atoms with Gasteiger partial charge < -0.3 is 15.0 Å². The number of likely N-dealkylation sites (tertiary alicyclic amines) is 1. The van der Waals surface area contributed by atoms with Gasteiger partial charge in [0.05, 0.1) is 0 Å². The molecular weight excluding hydrogens is 312 g/mol. The molecule has 1 heterocycles. The van der Waals surface area contributed by atoms with Gasteiger partial charge >= 0.3 is 6.09 Å². The quantitative estimate of drug-likeness (QED) is 0.729. The normalized spacial score (nSPS) is 29.2. The molecule has 3 atom stereocenters. The number of carbonyl (C=O) groups is 1. The highest BCUT2D eigenvalue weighted by Gasteiger charge is 2.28. The van der Waals surface area contributed by atoms with Crippen molar-refractivity contribution < 1.29 is 9.53 Å². The SMILES string of the molecule is CC(C)C1CCCC(NC2CCCCN(C(=O)OC(C)(C)C)C2)CC1. The van der Waals surface area contributed by atoms with Gasteiger partial charge in [0, 0.05) is 25.2 Å².